The number of urea groups is 1. The summed E-state index contributed by atoms with van der Waals surface area (Å²) in [6.07, 6.45) is 1.53. The quantitative estimate of drug-likeness (QED) is 0.762. The van der Waals surface area contributed by atoms with E-state index < -0.39 is 18.0 Å². The molecule has 1 aliphatic heterocycles. The van der Waals surface area contributed by atoms with Gasteiger partial charge in [0.1, 0.15) is 6.04 Å². The van der Waals surface area contributed by atoms with Crippen LogP contribution >= 0.6 is 11.3 Å². The summed E-state index contributed by atoms with van der Waals surface area (Å²) in [6, 6.07) is 9.95. The van der Waals surface area contributed by atoms with Crippen molar-refractivity contribution in [2.45, 2.75) is 18.9 Å². The maximum absolute atomic E-state index is 12.2. The van der Waals surface area contributed by atoms with E-state index in [1.807, 2.05) is 35.7 Å². The van der Waals surface area contributed by atoms with E-state index in [0.717, 1.165) is 23.3 Å². The Kier molecular flexibility index (Phi) is 5.67. The summed E-state index contributed by atoms with van der Waals surface area (Å²) in [5, 5.41) is 16.7. The zero-order valence-corrected chi connectivity index (χ0v) is 14.4. The molecule has 132 valence electrons. The molecule has 0 saturated carbocycles. The molecule has 25 heavy (non-hydrogen) atoms. The van der Waals surface area contributed by atoms with Gasteiger partial charge in [0.2, 0.25) is 0 Å². The number of anilines is 1. The maximum atomic E-state index is 12.2. The molecular formula is C18H20N2O4S. The summed E-state index contributed by atoms with van der Waals surface area (Å²) >= 11 is 1.62. The number of carboxylic acid groups (broad SMARTS) is 1. The lowest BCUT2D eigenvalue weighted by molar-refractivity contribution is -0.142. The third-order valence-corrected chi connectivity index (χ3v) is 5.06. The van der Waals surface area contributed by atoms with Gasteiger partial charge < -0.3 is 20.5 Å². The van der Waals surface area contributed by atoms with Gasteiger partial charge in [0.25, 0.3) is 0 Å². The molecule has 2 heterocycles. The standard InChI is InChI=1S/C18H20N2O4S/c21-17(22)16(13-5-2-8-24-11-13)20-18(23)19-14-6-1-4-12(10-14)15-7-3-9-25-15/h1,3-4,6-7,9-10,13,16H,2,5,8,11H2,(H,21,22)(H2,19,20,23)/t13-,16-/m0/s1. The van der Waals surface area contributed by atoms with Gasteiger partial charge in [-0.25, -0.2) is 9.59 Å². The minimum absolute atomic E-state index is 0.213. The molecule has 7 heteroatoms. The molecule has 0 aliphatic carbocycles. The van der Waals surface area contributed by atoms with Crippen LogP contribution in [0.5, 0.6) is 0 Å². The molecule has 3 N–H and O–H groups in total. The van der Waals surface area contributed by atoms with Crippen molar-refractivity contribution in [2.75, 3.05) is 18.5 Å². The van der Waals surface area contributed by atoms with Crippen LogP contribution in [-0.4, -0.2) is 36.4 Å². The number of thiophene rings is 1. The summed E-state index contributed by atoms with van der Waals surface area (Å²) in [5.74, 6) is -1.26. The molecular weight excluding hydrogens is 340 g/mol. The average Bonchev–Trinajstić information content (AvgIpc) is 3.15. The second-order valence-corrected chi connectivity index (χ2v) is 6.90. The smallest absolute Gasteiger partial charge is 0.326 e. The largest absolute Gasteiger partial charge is 0.480 e. The SMILES string of the molecule is O=C(Nc1cccc(-c2cccs2)c1)N[C@H](C(=O)O)[C@H]1CCCOC1. The summed E-state index contributed by atoms with van der Waals surface area (Å²) in [5.41, 5.74) is 1.62. The van der Waals surface area contributed by atoms with Crippen LogP contribution in [0.4, 0.5) is 10.5 Å². The molecule has 1 fully saturated rings. The number of hydrogen-bond donors (Lipinski definition) is 3. The highest BCUT2D eigenvalue weighted by molar-refractivity contribution is 7.13. The highest BCUT2D eigenvalue weighted by Gasteiger charge is 2.31. The van der Waals surface area contributed by atoms with Gasteiger partial charge in [0.05, 0.1) is 6.61 Å². The van der Waals surface area contributed by atoms with Crippen LogP contribution < -0.4 is 10.6 Å². The number of hydrogen-bond acceptors (Lipinski definition) is 4. The van der Waals surface area contributed by atoms with Gasteiger partial charge in [-0.15, -0.1) is 11.3 Å². The Hall–Kier alpha value is -2.38. The third-order valence-electron chi connectivity index (χ3n) is 4.15. The van der Waals surface area contributed by atoms with Gasteiger partial charge in [0, 0.05) is 23.1 Å². The summed E-state index contributed by atoms with van der Waals surface area (Å²) in [4.78, 5) is 24.8. The Labute approximate surface area is 149 Å². The lowest BCUT2D eigenvalue weighted by atomic mass is 9.94. The fourth-order valence-electron chi connectivity index (χ4n) is 2.91. The molecule has 1 aliphatic rings. The van der Waals surface area contributed by atoms with E-state index in [-0.39, 0.29) is 5.92 Å². The minimum atomic E-state index is -1.04. The Morgan fingerprint density at radius 3 is 2.84 bits per heavy atom. The molecule has 1 aromatic heterocycles. The predicted molar refractivity (Wildman–Crippen MR) is 96.9 cm³/mol. The molecule has 0 spiro atoms. The molecule has 2 amide bonds. The Balaban J connectivity index is 1.65. The second kappa shape index (κ2) is 8.13. The number of ether oxygens (including phenoxy) is 1. The van der Waals surface area contributed by atoms with Gasteiger partial charge >= 0.3 is 12.0 Å². The molecule has 6 nitrogen and oxygen atoms in total. The van der Waals surface area contributed by atoms with Crippen LogP contribution in [0.3, 0.4) is 0 Å². The number of benzene rings is 1. The lowest BCUT2D eigenvalue weighted by Crippen LogP contribution is -2.49. The first-order valence-corrected chi connectivity index (χ1v) is 9.03. The van der Waals surface area contributed by atoms with E-state index in [4.69, 9.17) is 4.74 Å². The molecule has 2 aromatic rings. The lowest BCUT2D eigenvalue weighted by Gasteiger charge is -2.28. The number of carbonyl (C=O) groups is 2. The average molecular weight is 360 g/mol. The fraction of sp³-hybridized carbons (Fsp3) is 0.333. The van der Waals surface area contributed by atoms with Crippen molar-refractivity contribution in [2.24, 2.45) is 5.92 Å². The first-order chi connectivity index (χ1) is 12.1. The molecule has 1 aromatic carbocycles. The van der Waals surface area contributed by atoms with E-state index in [2.05, 4.69) is 10.6 Å². The number of carboxylic acids is 1. The molecule has 0 bridgehead atoms. The molecule has 1 saturated heterocycles. The number of nitrogens with one attached hydrogen (secondary N) is 2. The van der Waals surface area contributed by atoms with E-state index in [0.29, 0.717) is 18.9 Å². The van der Waals surface area contributed by atoms with Crippen LogP contribution in [0.2, 0.25) is 0 Å². The first-order valence-electron chi connectivity index (χ1n) is 8.15. The van der Waals surface area contributed by atoms with Crippen molar-refractivity contribution in [3.8, 4) is 10.4 Å². The van der Waals surface area contributed by atoms with Crippen molar-refractivity contribution >= 4 is 29.0 Å². The van der Waals surface area contributed by atoms with Gasteiger partial charge in [0.15, 0.2) is 0 Å². The van der Waals surface area contributed by atoms with E-state index >= 15 is 0 Å². The van der Waals surface area contributed by atoms with Gasteiger partial charge in [-0.05, 0) is 42.0 Å². The molecule has 0 radical (unpaired) electrons. The number of aliphatic carboxylic acids is 1. The number of amides is 2. The van der Waals surface area contributed by atoms with Crippen LogP contribution in [-0.2, 0) is 9.53 Å². The second-order valence-electron chi connectivity index (χ2n) is 5.95. The van der Waals surface area contributed by atoms with Crippen molar-refractivity contribution < 1.29 is 19.4 Å². The maximum Gasteiger partial charge on any atom is 0.326 e. The number of rotatable bonds is 5. The summed E-state index contributed by atoms with van der Waals surface area (Å²) < 4.78 is 5.34. The molecule has 0 unspecified atom stereocenters. The third kappa shape index (κ3) is 4.58. The van der Waals surface area contributed by atoms with Gasteiger partial charge in [-0.1, -0.05) is 18.2 Å². The zero-order valence-electron chi connectivity index (χ0n) is 13.6. The van der Waals surface area contributed by atoms with E-state index in [1.54, 1.807) is 17.4 Å². The predicted octanol–water partition coefficient (Wildman–Crippen LogP) is 3.42. The Morgan fingerprint density at radius 1 is 1.28 bits per heavy atom. The normalized spacial score (nSPS) is 18.3. The van der Waals surface area contributed by atoms with Crippen LogP contribution in [0.15, 0.2) is 41.8 Å². The summed E-state index contributed by atoms with van der Waals surface area (Å²) in [6.45, 7) is 0.996. The highest BCUT2D eigenvalue weighted by atomic mass is 32.1. The minimum Gasteiger partial charge on any atom is -0.480 e. The van der Waals surface area contributed by atoms with Crippen LogP contribution in [0.25, 0.3) is 10.4 Å². The first kappa shape index (κ1) is 17.4. The van der Waals surface area contributed by atoms with Crippen LogP contribution in [0, 0.1) is 5.92 Å². The van der Waals surface area contributed by atoms with Crippen molar-refractivity contribution in [1.82, 2.24) is 5.32 Å². The molecule has 2 atom stereocenters. The van der Waals surface area contributed by atoms with Crippen LogP contribution in [0.1, 0.15) is 12.8 Å². The van der Waals surface area contributed by atoms with Gasteiger partial charge in [-0.3, -0.25) is 0 Å². The van der Waals surface area contributed by atoms with Crippen molar-refractivity contribution in [3.05, 3.63) is 41.8 Å². The zero-order chi connectivity index (χ0) is 17.6. The van der Waals surface area contributed by atoms with Gasteiger partial charge in [-0.2, -0.15) is 0 Å². The fourth-order valence-corrected chi connectivity index (χ4v) is 3.64. The Bertz CT molecular complexity index is 726. The summed E-state index contributed by atoms with van der Waals surface area (Å²) in [7, 11) is 0. The van der Waals surface area contributed by atoms with Crippen molar-refractivity contribution in [1.29, 1.82) is 0 Å². The van der Waals surface area contributed by atoms with E-state index in [1.165, 1.54) is 0 Å². The molecule has 3 rings (SSSR count). The van der Waals surface area contributed by atoms with Crippen molar-refractivity contribution in [3.63, 3.8) is 0 Å². The van der Waals surface area contributed by atoms with E-state index in [9.17, 15) is 14.7 Å². The highest BCUT2D eigenvalue weighted by Crippen LogP contribution is 2.26. The monoisotopic (exact) mass is 360 g/mol. The number of carbonyl (C=O) groups excluding carboxylic acids is 1. The topological polar surface area (TPSA) is 87.7 Å². The Morgan fingerprint density at radius 2 is 2.16 bits per heavy atom.